The molecule has 0 aliphatic carbocycles. The van der Waals surface area contributed by atoms with Gasteiger partial charge in [0.2, 0.25) is 5.91 Å². The summed E-state index contributed by atoms with van der Waals surface area (Å²) < 4.78 is 0. The number of amides is 1. The molecule has 0 saturated carbocycles. The number of carbonyl (C=O) groups is 1. The largest absolute Gasteiger partial charge is 0.339 e. The van der Waals surface area contributed by atoms with Crippen molar-refractivity contribution in [3.63, 3.8) is 0 Å². The zero-order valence-electron chi connectivity index (χ0n) is 15.0. The van der Waals surface area contributed by atoms with Crippen molar-refractivity contribution in [3.8, 4) is 0 Å². The topological polar surface area (TPSA) is 38.8 Å². The van der Waals surface area contributed by atoms with Crippen molar-refractivity contribution in [2.24, 2.45) is 0 Å². The maximum atomic E-state index is 12.5. The zero-order valence-corrected chi connectivity index (χ0v) is 15.0. The van der Waals surface area contributed by atoms with Gasteiger partial charge in [-0.2, -0.15) is 0 Å². The minimum absolute atomic E-state index is 0.0848. The van der Waals surface area contributed by atoms with Gasteiger partial charge < -0.3 is 10.2 Å². The van der Waals surface area contributed by atoms with E-state index in [1.807, 2.05) is 0 Å². The van der Waals surface area contributed by atoms with Gasteiger partial charge in [-0.1, -0.05) is 6.42 Å². The molecule has 0 aromatic carbocycles. The first kappa shape index (κ1) is 17.2. The van der Waals surface area contributed by atoms with Crippen molar-refractivity contribution >= 4 is 5.91 Å². The molecule has 1 N–H and O–H groups in total. The Morgan fingerprint density at radius 1 is 0.957 bits per heavy atom. The molecule has 132 valence electrons. The molecule has 3 aliphatic heterocycles. The predicted molar refractivity (Wildman–Crippen MR) is 93.5 cm³/mol. The number of likely N-dealkylation sites (tertiary alicyclic amines) is 1. The van der Waals surface area contributed by atoms with Gasteiger partial charge in [-0.05, 0) is 46.1 Å². The number of piperazine rings is 1. The summed E-state index contributed by atoms with van der Waals surface area (Å²) in [6.07, 6.45) is 6.11. The molecule has 5 nitrogen and oxygen atoms in total. The normalized spacial score (nSPS) is 34.0. The lowest BCUT2D eigenvalue weighted by molar-refractivity contribution is -0.135. The second-order valence-electron chi connectivity index (χ2n) is 7.68. The van der Waals surface area contributed by atoms with Gasteiger partial charge in [0.1, 0.15) is 0 Å². The minimum atomic E-state index is 0.0848. The molecule has 3 atom stereocenters. The van der Waals surface area contributed by atoms with E-state index in [4.69, 9.17) is 0 Å². The van der Waals surface area contributed by atoms with E-state index in [0.29, 0.717) is 5.91 Å². The van der Waals surface area contributed by atoms with Crippen molar-refractivity contribution in [2.75, 3.05) is 45.8 Å². The van der Waals surface area contributed by atoms with Crippen LogP contribution in [0.1, 0.15) is 46.0 Å². The Kier molecular flexibility index (Phi) is 5.94. The summed E-state index contributed by atoms with van der Waals surface area (Å²) in [5, 5.41) is 3.39. The first-order valence-corrected chi connectivity index (χ1v) is 9.65. The molecule has 3 saturated heterocycles. The Morgan fingerprint density at radius 3 is 2.26 bits per heavy atom. The highest BCUT2D eigenvalue weighted by atomic mass is 16.2. The highest BCUT2D eigenvalue weighted by Gasteiger charge is 2.30. The Balaban J connectivity index is 1.39. The number of carbonyl (C=O) groups excluding carboxylic acids is 1. The van der Waals surface area contributed by atoms with E-state index in [9.17, 15) is 4.79 Å². The highest BCUT2D eigenvalue weighted by Crippen LogP contribution is 2.23. The third-order valence-electron chi connectivity index (χ3n) is 6.10. The molecular weight excluding hydrogens is 288 g/mol. The summed E-state index contributed by atoms with van der Waals surface area (Å²) >= 11 is 0. The molecule has 0 spiro atoms. The summed E-state index contributed by atoms with van der Waals surface area (Å²) in [5.74, 6) is 0.339. The number of hydrogen-bond donors (Lipinski definition) is 1. The number of nitrogens with one attached hydrogen (secondary N) is 1. The summed E-state index contributed by atoms with van der Waals surface area (Å²) in [6.45, 7) is 11.9. The lowest BCUT2D eigenvalue weighted by Crippen LogP contribution is -2.55. The quantitative estimate of drug-likeness (QED) is 0.843. The molecule has 0 aromatic heterocycles. The average Bonchev–Trinajstić information content (AvgIpc) is 2.92. The van der Waals surface area contributed by atoms with E-state index in [1.165, 1.54) is 32.2 Å². The molecule has 0 radical (unpaired) electrons. The molecule has 3 aliphatic rings. The van der Waals surface area contributed by atoms with Crippen molar-refractivity contribution in [3.05, 3.63) is 0 Å². The maximum Gasteiger partial charge on any atom is 0.239 e. The molecule has 3 fully saturated rings. The van der Waals surface area contributed by atoms with Gasteiger partial charge in [0.05, 0.1) is 6.04 Å². The Morgan fingerprint density at radius 2 is 1.65 bits per heavy atom. The van der Waals surface area contributed by atoms with Crippen LogP contribution in [0.4, 0.5) is 0 Å². The molecule has 23 heavy (non-hydrogen) atoms. The Hall–Kier alpha value is -0.650. The molecule has 0 bridgehead atoms. The van der Waals surface area contributed by atoms with Crippen LogP contribution in [0.2, 0.25) is 0 Å². The van der Waals surface area contributed by atoms with Gasteiger partial charge in [-0.15, -0.1) is 0 Å². The first-order chi connectivity index (χ1) is 11.1. The molecule has 3 rings (SSSR count). The molecule has 5 heteroatoms. The van der Waals surface area contributed by atoms with Crippen LogP contribution in [0.3, 0.4) is 0 Å². The lowest BCUT2D eigenvalue weighted by Gasteiger charge is -2.38. The van der Waals surface area contributed by atoms with Crippen LogP contribution in [0, 0.1) is 0 Å². The fourth-order valence-corrected chi connectivity index (χ4v) is 4.42. The summed E-state index contributed by atoms with van der Waals surface area (Å²) in [5.41, 5.74) is 0. The van der Waals surface area contributed by atoms with Crippen LogP contribution in [-0.2, 0) is 4.79 Å². The van der Waals surface area contributed by atoms with Crippen molar-refractivity contribution in [2.45, 2.75) is 64.1 Å². The fraction of sp³-hybridized carbons (Fsp3) is 0.944. The minimum Gasteiger partial charge on any atom is -0.339 e. The van der Waals surface area contributed by atoms with E-state index in [1.54, 1.807) is 0 Å². The van der Waals surface area contributed by atoms with Crippen LogP contribution in [0.5, 0.6) is 0 Å². The number of hydrogen-bond acceptors (Lipinski definition) is 4. The predicted octanol–water partition coefficient (Wildman–Crippen LogP) is 1.15. The van der Waals surface area contributed by atoms with Gasteiger partial charge in [0.25, 0.3) is 0 Å². The summed E-state index contributed by atoms with van der Waals surface area (Å²) in [4.78, 5) is 19.8. The smallest absolute Gasteiger partial charge is 0.239 e. The maximum absolute atomic E-state index is 12.5. The van der Waals surface area contributed by atoms with Gasteiger partial charge in [-0.3, -0.25) is 14.6 Å². The third kappa shape index (κ3) is 4.25. The number of piperidine rings is 1. The molecular formula is C18H34N4O. The van der Waals surface area contributed by atoms with E-state index in [-0.39, 0.29) is 6.04 Å². The van der Waals surface area contributed by atoms with Gasteiger partial charge in [0, 0.05) is 51.4 Å². The van der Waals surface area contributed by atoms with Crippen molar-refractivity contribution in [1.82, 2.24) is 20.0 Å². The summed E-state index contributed by atoms with van der Waals surface area (Å²) in [7, 11) is 0. The van der Waals surface area contributed by atoms with E-state index >= 15 is 0 Å². The van der Waals surface area contributed by atoms with E-state index in [0.717, 1.165) is 57.8 Å². The Labute approximate surface area is 141 Å². The standard InChI is InChI=1S/C18H34N4O/c1-15-6-7-16(2)22(15)14-11-20-9-12-21(13-10-20)18(23)17-5-3-4-8-19-17/h15-17,19H,3-14H2,1-2H3/t15?,16?,17-/m0/s1. The van der Waals surface area contributed by atoms with Crippen LogP contribution >= 0.6 is 0 Å². The first-order valence-electron chi connectivity index (χ1n) is 9.65. The fourth-order valence-electron chi connectivity index (χ4n) is 4.42. The van der Waals surface area contributed by atoms with Crippen LogP contribution < -0.4 is 5.32 Å². The van der Waals surface area contributed by atoms with E-state index in [2.05, 4.69) is 33.9 Å². The van der Waals surface area contributed by atoms with E-state index < -0.39 is 0 Å². The third-order valence-corrected chi connectivity index (χ3v) is 6.10. The summed E-state index contributed by atoms with van der Waals surface area (Å²) in [6, 6.07) is 1.57. The second kappa shape index (κ2) is 7.95. The SMILES string of the molecule is CC1CCC(C)N1CCN1CCN(C(=O)[C@@H]2CCCCN2)CC1. The van der Waals surface area contributed by atoms with Crippen LogP contribution in [-0.4, -0.2) is 84.5 Å². The van der Waals surface area contributed by atoms with Crippen molar-refractivity contribution in [1.29, 1.82) is 0 Å². The molecule has 0 aromatic rings. The molecule has 3 heterocycles. The molecule has 2 unspecified atom stereocenters. The molecule has 1 amide bonds. The van der Waals surface area contributed by atoms with Crippen molar-refractivity contribution < 1.29 is 4.79 Å². The zero-order chi connectivity index (χ0) is 16.2. The van der Waals surface area contributed by atoms with Crippen LogP contribution in [0.15, 0.2) is 0 Å². The number of rotatable bonds is 4. The number of nitrogens with zero attached hydrogens (tertiary/aromatic N) is 3. The highest BCUT2D eigenvalue weighted by molar-refractivity contribution is 5.82. The monoisotopic (exact) mass is 322 g/mol. The Bertz CT molecular complexity index is 378. The average molecular weight is 322 g/mol. The lowest BCUT2D eigenvalue weighted by atomic mass is 10.0. The van der Waals surface area contributed by atoms with Crippen LogP contribution in [0.25, 0.3) is 0 Å². The van der Waals surface area contributed by atoms with Gasteiger partial charge in [-0.25, -0.2) is 0 Å². The van der Waals surface area contributed by atoms with Gasteiger partial charge in [0.15, 0.2) is 0 Å². The second-order valence-corrected chi connectivity index (χ2v) is 7.68. The van der Waals surface area contributed by atoms with Gasteiger partial charge >= 0.3 is 0 Å².